The molecule has 0 unspecified atom stereocenters. The van der Waals surface area contributed by atoms with Gasteiger partial charge in [-0.3, -0.25) is 9.59 Å². The van der Waals surface area contributed by atoms with Crippen molar-refractivity contribution in [3.8, 4) is 5.75 Å². The first kappa shape index (κ1) is 19.3. The summed E-state index contributed by atoms with van der Waals surface area (Å²) in [7, 11) is 0. The van der Waals surface area contributed by atoms with Crippen LogP contribution >= 0.6 is 0 Å². The van der Waals surface area contributed by atoms with Crippen molar-refractivity contribution < 1.29 is 14.3 Å². The van der Waals surface area contributed by atoms with Crippen molar-refractivity contribution >= 4 is 17.5 Å². The van der Waals surface area contributed by atoms with Gasteiger partial charge < -0.3 is 4.74 Å². The van der Waals surface area contributed by atoms with Crippen LogP contribution in [-0.2, 0) is 15.0 Å². The minimum absolute atomic E-state index is 0.112. The van der Waals surface area contributed by atoms with Crippen LogP contribution in [0.1, 0.15) is 48.4 Å². The van der Waals surface area contributed by atoms with Crippen LogP contribution in [-0.4, -0.2) is 18.4 Å². The first-order valence-corrected chi connectivity index (χ1v) is 11.4. The van der Waals surface area contributed by atoms with Gasteiger partial charge in [0.25, 0.3) is 0 Å². The number of amides is 2. The summed E-state index contributed by atoms with van der Waals surface area (Å²) in [6.45, 7) is 4.72. The third-order valence-electron chi connectivity index (χ3n) is 7.61. The van der Waals surface area contributed by atoms with Crippen molar-refractivity contribution in [1.29, 1.82) is 0 Å². The van der Waals surface area contributed by atoms with E-state index in [1.165, 1.54) is 27.2 Å². The molecule has 160 valence electrons. The van der Waals surface area contributed by atoms with Crippen LogP contribution in [0.4, 0.5) is 5.69 Å². The zero-order chi connectivity index (χ0) is 22.0. The molecule has 0 spiro atoms. The SMILES string of the molecule is CCCOc1ccccc1N1C(=O)[C@H]2C3c4ccccc4C(C)(c4ccccc43)[C@H]2C1=O. The predicted molar refractivity (Wildman–Crippen MR) is 123 cm³/mol. The third-order valence-corrected chi connectivity index (χ3v) is 7.61. The van der Waals surface area contributed by atoms with Gasteiger partial charge in [-0.2, -0.15) is 0 Å². The molecule has 4 heteroatoms. The van der Waals surface area contributed by atoms with Crippen molar-refractivity contribution in [2.75, 3.05) is 11.5 Å². The summed E-state index contributed by atoms with van der Waals surface area (Å²) in [4.78, 5) is 29.4. The monoisotopic (exact) mass is 423 g/mol. The standard InChI is InChI=1S/C28H25NO3/c1-3-16-32-22-15-9-8-14-21(22)29-26(30)24-23-17-10-4-6-12-19(17)28(2,25(24)27(29)31)20-13-7-5-11-18(20)23/h4-15,23-25H,3,16H2,1-2H3/t23?,24-,25+,28?/m0/s1. The van der Waals surface area contributed by atoms with Crippen LogP contribution in [0.15, 0.2) is 72.8 Å². The molecule has 2 atom stereocenters. The highest BCUT2D eigenvalue weighted by Gasteiger charge is 2.66. The molecule has 4 aliphatic rings. The first-order chi connectivity index (χ1) is 15.6. The minimum Gasteiger partial charge on any atom is -0.491 e. The van der Waals surface area contributed by atoms with Gasteiger partial charge in [0.1, 0.15) is 5.75 Å². The summed E-state index contributed by atoms with van der Waals surface area (Å²) in [6, 6.07) is 24.1. The van der Waals surface area contributed by atoms with Crippen molar-refractivity contribution in [1.82, 2.24) is 0 Å². The molecule has 4 nitrogen and oxygen atoms in total. The summed E-state index contributed by atoms with van der Waals surface area (Å²) in [5.41, 5.74) is 4.70. The quantitative estimate of drug-likeness (QED) is 0.552. The molecular formula is C28H25NO3. The highest BCUT2D eigenvalue weighted by molar-refractivity contribution is 6.24. The van der Waals surface area contributed by atoms with Crippen LogP contribution in [0.2, 0.25) is 0 Å². The molecule has 2 amide bonds. The average molecular weight is 424 g/mol. The fraction of sp³-hybridized carbons (Fsp3) is 0.286. The minimum atomic E-state index is -0.548. The molecule has 1 aliphatic heterocycles. The number of hydrogen-bond donors (Lipinski definition) is 0. The lowest BCUT2D eigenvalue weighted by molar-refractivity contribution is -0.123. The van der Waals surface area contributed by atoms with Crippen LogP contribution in [0.3, 0.4) is 0 Å². The predicted octanol–water partition coefficient (Wildman–Crippen LogP) is 5.05. The number of anilines is 1. The highest BCUT2D eigenvalue weighted by atomic mass is 16.5. The number of nitrogens with zero attached hydrogens (tertiary/aromatic N) is 1. The number of ether oxygens (including phenoxy) is 1. The number of benzene rings is 3. The normalized spacial score (nSPS) is 27.2. The summed E-state index contributed by atoms with van der Waals surface area (Å²) in [5.74, 6) is -0.598. The number of carbonyl (C=O) groups is 2. The molecule has 3 aliphatic carbocycles. The van der Waals surface area contributed by atoms with Gasteiger partial charge in [-0.25, -0.2) is 4.90 Å². The van der Waals surface area contributed by atoms with Gasteiger partial charge in [0.05, 0.1) is 24.1 Å². The lowest BCUT2D eigenvalue weighted by atomic mass is 9.48. The van der Waals surface area contributed by atoms with Gasteiger partial charge >= 0.3 is 0 Å². The average Bonchev–Trinajstić information content (AvgIpc) is 3.09. The van der Waals surface area contributed by atoms with Gasteiger partial charge in [0, 0.05) is 11.3 Å². The van der Waals surface area contributed by atoms with Crippen LogP contribution < -0.4 is 9.64 Å². The van der Waals surface area contributed by atoms with Gasteiger partial charge in [0.15, 0.2) is 0 Å². The highest BCUT2D eigenvalue weighted by Crippen LogP contribution is 2.64. The van der Waals surface area contributed by atoms with E-state index in [2.05, 4.69) is 31.2 Å². The Labute approximate surface area is 187 Å². The number of imide groups is 1. The van der Waals surface area contributed by atoms with E-state index in [0.717, 1.165) is 6.42 Å². The Kier molecular flexibility index (Phi) is 4.10. The molecule has 1 heterocycles. The summed E-state index contributed by atoms with van der Waals surface area (Å²) in [6.07, 6.45) is 0.853. The van der Waals surface area contributed by atoms with Crippen molar-refractivity contribution in [3.63, 3.8) is 0 Å². The number of rotatable bonds is 4. The first-order valence-electron chi connectivity index (χ1n) is 11.4. The maximum absolute atomic E-state index is 14.0. The molecule has 1 fully saturated rings. The van der Waals surface area contributed by atoms with E-state index < -0.39 is 17.3 Å². The molecule has 0 radical (unpaired) electrons. The van der Waals surface area contributed by atoms with Gasteiger partial charge in [-0.15, -0.1) is 0 Å². The molecule has 3 aromatic carbocycles. The van der Waals surface area contributed by atoms with Gasteiger partial charge in [-0.1, -0.05) is 74.5 Å². The Morgan fingerprint density at radius 3 is 2.09 bits per heavy atom. The topological polar surface area (TPSA) is 46.6 Å². The Hall–Kier alpha value is -3.40. The zero-order valence-corrected chi connectivity index (χ0v) is 18.2. The molecule has 1 saturated heterocycles. The molecule has 3 aromatic rings. The van der Waals surface area contributed by atoms with E-state index in [9.17, 15) is 9.59 Å². The fourth-order valence-corrected chi connectivity index (χ4v) is 6.36. The summed E-state index contributed by atoms with van der Waals surface area (Å²) >= 11 is 0. The molecular weight excluding hydrogens is 398 g/mol. The number of para-hydroxylation sites is 2. The molecule has 0 saturated carbocycles. The van der Waals surface area contributed by atoms with Crippen molar-refractivity contribution in [2.24, 2.45) is 11.8 Å². The molecule has 2 bridgehead atoms. The second-order valence-corrected chi connectivity index (χ2v) is 9.19. The van der Waals surface area contributed by atoms with E-state index in [0.29, 0.717) is 18.0 Å². The maximum atomic E-state index is 14.0. The smallest absolute Gasteiger partial charge is 0.239 e. The molecule has 0 aromatic heterocycles. The van der Waals surface area contributed by atoms with Crippen LogP contribution in [0.25, 0.3) is 0 Å². The maximum Gasteiger partial charge on any atom is 0.239 e. The zero-order valence-electron chi connectivity index (χ0n) is 18.2. The summed E-state index contributed by atoms with van der Waals surface area (Å²) in [5, 5.41) is 0. The van der Waals surface area contributed by atoms with E-state index in [1.807, 2.05) is 55.5 Å². The van der Waals surface area contributed by atoms with Crippen LogP contribution in [0.5, 0.6) is 5.75 Å². The molecule has 32 heavy (non-hydrogen) atoms. The fourth-order valence-electron chi connectivity index (χ4n) is 6.36. The van der Waals surface area contributed by atoms with Gasteiger partial charge in [0.2, 0.25) is 11.8 Å². The van der Waals surface area contributed by atoms with E-state index in [1.54, 1.807) is 0 Å². The van der Waals surface area contributed by atoms with E-state index in [-0.39, 0.29) is 17.7 Å². The third kappa shape index (κ3) is 2.27. The Morgan fingerprint density at radius 1 is 0.844 bits per heavy atom. The lowest BCUT2D eigenvalue weighted by Crippen LogP contribution is -2.51. The Morgan fingerprint density at radius 2 is 1.44 bits per heavy atom. The van der Waals surface area contributed by atoms with Crippen molar-refractivity contribution in [3.05, 3.63) is 95.1 Å². The van der Waals surface area contributed by atoms with Crippen molar-refractivity contribution in [2.45, 2.75) is 31.6 Å². The summed E-state index contributed by atoms with van der Waals surface area (Å²) < 4.78 is 5.92. The Balaban J connectivity index is 1.55. The Bertz CT molecular complexity index is 1220. The lowest BCUT2D eigenvalue weighted by Gasteiger charge is -2.52. The van der Waals surface area contributed by atoms with Gasteiger partial charge in [-0.05, 0) is 40.8 Å². The number of carbonyl (C=O) groups excluding carboxylic acids is 2. The second kappa shape index (κ2) is 6.80. The second-order valence-electron chi connectivity index (χ2n) is 9.19. The number of hydrogen-bond acceptors (Lipinski definition) is 3. The largest absolute Gasteiger partial charge is 0.491 e. The van der Waals surface area contributed by atoms with E-state index >= 15 is 0 Å². The molecule has 0 N–H and O–H groups in total. The van der Waals surface area contributed by atoms with E-state index in [4.69, 9.17) is 4.74 Å². The molecule has 7 rings (SSSR count). The van der Waals surface area contributed by atoms with Crippen LogP contribution in [0, 0.1) is 11.8 Å².